The van der Waals surface area contributed by atoms with Gasteiger partial charge in [-0.2, -0.15) is 0 Å². The van der Waals surface area contributed by atoms with Crippen LogP contribution in [0.15, 0.2) is 18.2 Å². The minimum absolute atomic E-state index is 0.245. The lowest BCUT2D eigenvalue weighted by Crippen LogP contribution is -2.14. The molecule has 17 heavy (non-hydrogen) atoms. The van der Waals surface area contributed by atoms with Gasteiger partial charge in [0, 0.05) is 16.6 Å². The fourth-order valence-corrected chi connectivity index (χ4v) is 1.86. The van der Waals surface area contributed by atoms with Crippen LogP contribution in [0.25, 0.3) is 0 Å². The number of nitrogens with one attached hydrogen (secondary N) is 1. The lowest BCUT2D eigenvalue weighted by molar-refractivity contribution is 0.301. The third kappa shape index (κ3) is 4.57. The molecule has 0 spiro atoms. The van der Waals surface area contributed by atoms with Crippen LogP contribution in [0.2, 0.25) is 5.02 Å². The number of hydrogen-bond donors (Lipinski definition) is 1. The molecule has 2 nitrogen and oxygen atoms in total. The van der Waals surface area contributed by atoms with Gasteiger partial charge in [-0.1, -0.05) is 31.4 Å². The SMILES string of the molecule is CCCCCOc1ccc(Cl)cc1C(C)NC. The van der Waals surface area contributed by atoms with Crippen LogP contribution < -0.4 is 10.1 Å². The number of halogens is 1. The average Bonchev–Trinajstić information content (AvgIpc) is 2.35. The summed E-state index contributed by atoms with van der Waals surface area (Å²) in [6.45, 7) is 5.07. The Kier molecular flexibility index (Phi) is 6.38. The van der Waals surface area contributed by atoms with Crippen molar-refractivity contribution >= 4 is 11.6 Å². The second-order valence-electron chi connectivity index (χ2n) is 4.25. The second-order valence-corrected chi connectivity index (χ2v) is 4.68. The molecule has 0 aliphatic carbocycles. The molecular weight excluding hydrogens is 234 g/mol. The standard InChI is InChI=1S/C14H22ClNO/c1-4-5-6-9-17-14-8-7-12(15)10-13(14)11(2)16-3/h7-8,10-11,16H,4-6,9H2,1-3H3. The monoisotopic (exact) mass is 255 g/mol. The fraction of sp³-hybridized carbons (Fsp3) is 0.571. The maximum absolute atomic E-state index is 6.02. The van der Waals surface area contributed by atoms with Gasteiger partial charge in [0.05, 0.1) is 6.61 Å². The van der Waals surface area contributed by atoms with Gasteiger partial charge in [-0.25, -0.2) is 0 Å². The van der Waals surface area contributed by atoms with Crippen LogP contribution in [-0.4, -0.2) is 13.7 Å². The van der Waals surface area contributed by atoms with Gasteiger partial charge in [0.25, 0.3) is 0 Å². The normalized spacial score (nSPS) is 12.5. The van der Waals surface area contributed by atoms with Crippen molar-refractivity contribution in [2.75, 3.05) is 13.7 Å². The molecule has 0 heterocycles. The highest BCUT2D eigenvalue weighted by atomic mass is 35.5. The van der Waals surface area contributed by atoms with Gasteiger partial charge in [0.2, 0.25) is 0 Å². The van der Waals surface area contributed by atoms with E-state index in [1.165, 1.54) is 12.8 Å². The molecule has 1 rings (SSSR count). The first-order valence-electron chi connectivity index (χ1n) is 6.28. The summed E-state index contributed by atoms with van der Waals surface area (Å²) in [5.74, 6) is 0.937. The van der Waals surface area contributed by atoms with E-state index in [0.29, 0.717) is 0 Å². The van der Waals surface area contributed by atoms with E-state index in [-0.39, 0.29) is 6.04 Å². The first-order valence-corrected chi connectivity index (χ1v) is 6.66. The largest absolute Gasteiger partial charge is 0.493 e. The highest BCUT2D eigenvalue weighted by Gasteiger charge is 2.10. The zero-order chi connectivity index (χ0) is 12.7. The molecule has 3 heteroatoms. The summed E-state index contributed by atoms with van der Waals surface area (Å²) >= 11 is 6.02. The zero-order valence-corrected chi connectivity index (χ0v) is 11.7. The first kappa shape index (κ1) is 14.3. The Labute approximate surface area is 109 Å². The fourth-order valence-electron chi connectivity index (χ4n) is 1.68. The Balaban J connectivity index is 2.69. The van der Waals surface area contributed by atoms with E-state index in [1.807, 2.05) is 25.2 Å². The van der Waals surface area contributed by atoms with E-state index in [9.17, 15) is 0 Å². The Bertz CT molecular complexity index is 341. The number of ether oxygens (including phenoxy) is 1. The molecule has 1 aromatic rings. The molecule has 0 aliphatic heterocycles. The minimum atomic E-state index is 0.245. The molecule has 1 unspecified atom stereocenters. The molecular formula is C14H22ClNO. The summed E-state index contributed by atoms with van der Waals surface area (Å²) in [5.41, 5.74) is 1.12. The van der Waals surface area contributed by atoms with E-state index in [0.717, 1.165) is 29.4 Å². The van der Waals surface area contributed by atoms with Gasteiger partial charge in [-0.05, 0) is 38.6 Å². The molecule has 1 atom stereocenters. The predicted molar refractivity (Wildman–Crippen MR) is 73.9 cm³/mol. The van der Waals surface area contributed by atoms with Gasteiger partial charge >= 0.3 is 0 Å². The van der Waals surface area contributed by atoms with E-state index < -0.39 is 0 Å². The van der Waals surface area contributed by atoms with Crippen molar-refractivity contribution < 1.29 is 4.74 Å². The molecule has 0 aliphatic rings. The van der Waals surface area contributed by atoms with Gasteiger partial charge in [0.1, 0.15) is 5.75 Å². The summed E-state index contributed by atoms with van der Waals surface area (Å²) in [4.78, 5) is 0. The van der Waals surface area contributed by atoms with Crippen molar-refractivity contribution in [2.24, 2.45) is 0 Å². The molecule has 0 saturated carbocycles. The Morgan fingerprint density at radius 1 is 1.35 bits per heavy atom. The summed E-state index contributed by atoms with van der Waals surface area (Å²) in [6, 6.07) is 6.05. The first-order chi connectivity index (χ1) is 8.19. The number of unbranched alkanes of at least 4 members (excludes halogenated alkanes) is 2. The van der Waals surface area contributed by atoms with Crippen molar-refractivity contribution in [2.45, 2.75) is 39.2 Å². The van der Waals surface area contributed by atoms with Crippen molar-refractivity contribution in [3.8, 4) is 5.75 Å². The van der Waals surface area contributed by atoms with Crippen molar-refractivity contribution in [1.82, 2.24) is 5.32 Å². The van der Waals surface area contributed by atoms with Gasteiger partial charge in [-0.3, -0.25) is 0 Å². The van der Waals surface area contributed by atoms with Gasteiger partial charge in [0.15, 0.2) is 0 Å². The third-order valence-corrected chi connectivity index (χ3v) is 3.11. The summed E-state index contributed by atoms with van der Waals surface area (Å²) in [5, 5.41) is 3.96. The highest BCUT2D eigenvalue weighted by Crippen LogP contribution is 2.28. The number of hydrogen-bond acceptors (Lipinski definition) is 2. The Morgan fingerprint density at radius 2 is 2.12 bits per heavy atom. The number of benzene rings is 1. The summed E-state index contributed by atoms with van der Waals surface area (Å²) < 4.78 is 5.82. The van der Waals surface area contributed by atoms with Crippen LogP contribution >= 0.6 is 11.6 Å². The molecule has 0 fully saturated rings. The lowest BCUT2D eigenvalue weighted by atomic mass is 10.1. The average molecular weight is 256 g/mol. The molecule has 0 amide bonds. The van der Waals surface area contributed by atoms with Crippen molar-refractivity contribution in [3.63, 3.8) is 0 Å². The van der Waals surface area contributed by atoms with Crippen LogP contribution in [0.5, 0.6) is 5.75 Å². The minimum Gasteiger partial charge on any atom is -0.493 e. The van der Waals surface area contributed by atoms with E-state index in [4.69, 9.17) is 16.3 Å². The highest BCUT2D eigenvalue weighted by molar-refractivity contribution is 6.30. The predicted octanol–water partition coefficient (Wildman–Crippen LogP) is 4.19. The molecule has 96 valence electrons. The van der Waals surface area contributed by atoms with Gasteiger partial charge in [-0.15, -0.1) is 0 Å². The molecule has 1 aromatic carbocycles. The molecule has 0 aromatic heterocycles. The van der Waals surface area contributed by atoms with E-state index in [2.05, 4.69) is 19.2 Å². The van der Waals surface area contributed by atoms with Crippen LogP contribution in [0.4, 0.5) is 0 Å². The smallest absolute Gasteiger partial charge is 0.124 e. The van der Waals surface area contributed by atoms with Gasteiger partial charge < -0.3 is 10.1 Å². The number of rotatable bonds is 7. The molecule has 0 radical (unpaired) electrons. The second kappa shape index (κ2) is 7.57. The third-order valence-electron chi connectivity index (χ3n) is 2.88. The maximum atomic E-state index is 6.02. The van der Waals surface area contributed by atoms with Crippen LogP contribution in [-0.2, 0) is 0 Å². The van der Waals surface area contributed by atoms with Crippen LogP contribution in [0.3, 0.4) is 0 Å². The molecule has 0 saturated heterocycles. The summed E-state index contributed by atoms with van der Waals surface area (Å²) in [7, 11) is 1.94. The van der Waals surface area contributed by atoms with Crippen LogP contribution in [0, 0.1) is 0 Å². The Hall–Kier alpha value is -0.730. The van der Waals surface area contributed by atoms with Crippen molar-refractivity contribution in [3.05, 3.63) is 28.8 Å². The topological polar surface area (TPSA) is 21.3 Å². The summed E-state index contributed by atoms with van der Waals surface area (Å²) in [6.07, 6.45) is 3.53. The molecule has 0 bridgehead atoms. The lowest BCUT2D eigenvalue weighted by Gasteiger charge is -2.16. The van der Waals surface area contributed by atoms with Crippen molar-refractivity contribution in [1.29, 1.82) is 0 Å². The van der Waals surface area contributed by atoms with Crippen LogP contribution in [0.1, 0.15) is 44.7 Å². The quantitative estimate of drug-likeness (QED) is 0.738. The van der Waals surface area contributed by atoms with E-state index in [1.54, 1.807) is 0 Å². The maximum Gasteiger partial charge on any atom is 0.124 e. The zero-order valence-electron chi connectivity index (χ0n) is 10.9. The van der Waals surface area contributed by atoms with E-state index >= 15 is 0 Å². The molecule has 1 N–H and O–H groups in total. The Morgan fingerprint density at radius 3 is 2.76 bits per heavy atom.